The molecule has 2 N–H and O–H groups in total. The number of nitrogens with one attached hydrogen (secondary N) is 2. The molecule has 0 fully saturated rings. The third-order valence-corrected chi connectivity index (χ3v) is 4.48. The average molecular weight is 402 g/mol. The fraction of sp³-hybridized carbons (Fsp3) is 0.200. The molecule has 8 heteroatoms. The van der Waals surface area contributed by atoms with E-state index in [0.29, 0.717) is 50.5 Å². The third kappa shape index (κ3) is 3.75. The number of carbonyl (C=O) groups is 1. The Balaban J connectivity index is 2.01. The number of anilines is 1. The van der Waals surface area contributed by atoms with E-state index in [9.17, 15) is 4.79 Å². The molecule has 0 saturated heterocycles. The maximum Gasteiger partial charge on any atom is 0.255 e. The first kappa shape index (κ1) is 19.6. The molecule has 1 heterocycles. The van der Waals surface area contributed by atoms with Gasteiger partial charge in [0.05, 0.1) is 32.7 Å². The van der Waals surface area contributed by atoms with Crippen LogP contribution in [0.1, 0.15) is 16.1 Å². The summed E-state index contributed by atoms with van der Waals surface area (Å²) in [5.41, 5.74) is 3.02. The van der Waals surface area contributed by atoms with Crippen molar-refractivity contribution >= 4 is 23.2 Å². The van der Waals surface area contributed by atoms with Crippen molar-refractivity contribution in [1.82, 2.24) is 10.2 Å². The molecular formula is C20H20ClN3O4. The van der Waals surface area contributed by atoms with Crippen LogP contribution in [0.3, 0.4) is 0 Å². The summed E-state index contributed by atoms with van der Waals surface area (Å²) in [7, 11) is 4.62. The van der Waals surface area contributed by atoms with Crippen molar-refractivity contribution in [2.75, 3.05) is 26.6 Å². The summed E-state index contributed by atoms with van der Waals surface area (Å²) in [5.74, 6) is 1.20. The van der Waals surface area contributed by atoms with E-state index in [4.69, 9.17) is 25.8 Å². The minimum atomic E-state index is -0.269. The van der Waals surface area contributed by atoms with Gasteiger partial charge in [0.15, 0.2) is 11.5 Å². The van der Waals surface area contributed by atoms with E-state index in [-0.39, 0.29) is 5.91 Å². The van der Waals surface area contributed by atoms with Crippen molar-refractivity contribution in [2.24, 2.45) is 0 Å². The van der Waals surface area contributed by atoms with Crippen molar-refractivity contribution in [2.45, 2.75) is 6.92 Å². The molecule has 1 amide bonds. The zero-order valence-corrected chi connectivity index (χ0v) is 16.7. The topological polar surface area (TPSA) is 85.5 Å². The molecular weight excluding hydrogens is 382 g/mol. The molecule has 3 rings (SSSR count). The molecule has 28 heavy (non-hydrogen) atoms. The molecule has 146 valence electrons. The van der Waals surface area contributed by atoms with Gasteiger partial charge in [0.25, 0.3) is 5.91 Å². The zero-order valence-electron chi connectivity index (χ0n) is 15.9. The van der Waals surface area contributed by atoms with Gasteiger partial charge in [-0.15, -0.1) is 0 Å². The minimum absolute atomic E-state index is 0.269. The second-order valence-electron chi connectivity index (χ2n) is 5.95. The van der Waals surface area contributed by atoms with E-state index in [1.165, 1.54) is 7.11 Å². The van der Waals surface area contributed by atoms with E-state index in [0.717, 1.165) is 0 Å². The van der Waals surface area contributed by atoms with E-state index in [2.05, 4.69) is 15.5 Å². The van der Waals surface area contributed by atoms with Crippen LogP contribution in [0.15, 0.2) is 36.4 Å². The first-order valence-corrected chi connectivity index (χ1v) is 8.78. The van der Waals surface area contributed by atoms with Crippen molar-refractivity contribution < 1.29 is 19.0 Å². The Kier molecular flexibility index (Phi) is 5.75. The summed E-state index contributed by atoms with van der Waals surface area (Å²) >= 11 is 5.89. The first-order valence-electron chi connectivity index (χ1n) is 8.40. The second kappa shape index (κ2) is 8.22. The maximum atomic E-state index is 12.6. The average Bonchev–Trinajstić information content (AvgIpc) is 3.07. The number of aromatic amines is 1. The quantitative estimate of drug-likeness (QED) is 0.642. The highest BCUT2D eigenvalue weighted by Gasteiger charge is 2.20. The van der Waals surface area contributed by atoms with E-state index in [1.807, 2.05) is 6.92 Å². The predicted molar refractivity (Wildman–Crippen MR) is 108 cm³/mol. The van der Waals surface area contributed by atoms with Gasteiger partial charge in [0, 0.05) is 16.1 Å². The van der Waals surface area contributed by atoms with Gasteiger partial charge in [-0.3, -0.25) is 9.89 Å². The highest BCUT2D eigenvalue weighted by molar-refractivity contribution is 6.30. The monoisotopic (exact) mass is 401 g/mol. The molecule has 0 aliphatic rings. The SMILES string of the molecule is COc1cc(-c2n[nH]c(C)c2NC(=O)c2ccc(Cl)cc2)cc(OC)c1OC. The fourth-order valence-electron chi connectivity index (χ4n) is 2.80. The van der Waals surface area contributed by atoms with Crippen LogP contribution in [0.4, 0.5) is 5.69 Å². The van der Waals surface area contributed by atoms with Crippen LogP contribution in [-0.2, 0) is 0 Å². The van der Waals surface area contributed by atoms with Gasteiger partial charge in [-0.2, -0.15) is 5.10 Å². The highest BCUT2D eigenvalue weighted by Crippen LogP contribution is 2.42. The first-order chi connectivity index (χ1) is 13.5. The van der Waals surface area contributed by atoms with Gasteiger partial charge >= 0.3 is 0 Å². The molecule has 2 aromatic carbocycles. The van der Waals surface area contributed by atoms with E-state index in [1.54, 1.807) is 50.6 Å². The molecule has 0 spiro atoms. The Bertz CT molecular complexity index is 974. The maximum absolute atomic E-state index is 12.6. The number of halogens is 1. The van der Waals surface area contributed by atoms with E-state index >= 15 is 0 Å². The van der Waals surface area contributed by atoms with Gasteiger partial charge in [0.2, 0.25) is 5.75 Å². The standard InChI is InChI=1S/C20H20ClN3O4/c1-11-17(22-20(25)12-5-7-14(21)8-6-12)18(24-23-11)13-9-15(26-2)19(28-4)16(10-13)27-3/h5-10H,1-4H3,(H,22,25)(H,23,24). The number of hydrogen-bond acceptors (Lipinski definition) is 5. The van der Waals surface area contributed by atoms with Crippen LogP contribution < -0.4 is 19.5 Å². The molecule has 0 saturated carbocycles. The lowest BCUT2D eigenvalue weighted by Gasteiger charge is -2.14. The molecule has 0 aliphatic heterocycles. The normalized spacial score (nSPS) is 10.5. The van der Waals surface area contributed by atoms with Gasteiger partial charge in [-0.25, -0.2) is 0 Å². The van der Waals surface area contributed by atoms with Gasteiger partial charge in [0.1, 0.15) is 5.69 Å². The summed E-state index contributed by atoms with van der Waals surface area (Å²) in [6, 6.07) is 10.2. The molecule has 0 bridgehead atoms. The molecule has 0 atom stereocenters. The van der Waals surface area contributed by atoms with Crippen LogP contribution in [0.25, 0.3) is 11.3 Å². The van der Waals surface area contributed by atoms with Crippen molar-refractivity contribution in [3.63, 3.8) is 0 Å². The van der Waals surface area contributed by atoms with Gasteiger partial charge in [-0.05, 0) is 43.3 Å². The molecule has 7 nitrogen and oxygen atoms in total. The summed E-state index contributed by atoms with van der Waals surface area (Å²) in [6.45, 7) is 1.83. The second-order valence-corrected chi connectivity index (χ2v) is 6.38. The minimum Gasteiger partial charge on any atom is -0.493 e. The summed E-state index contributed by atoms with van der Waals surface area (Å²) in [4.78, 5) is 12.6. The molecule has 1 aromatic heterocycles. The summed E-state index contributed by atoms with van der Waals surface area (Å²) in [6.07, 6.45) is 0. The Hall–Kier alpha value is -3.19. The van der Waals surface area contributed by atoms with Crippen LogP contribution >= 0.6 is 11.6 Å². The number of aromatic nitrogens is 2. The predicted octanol–water partition coefficient (Wildman–Crippen LogP) is 4.32. The lowest BCUT2D eigenvalue weighted by molar-refractivity contribution is 0.102. The number of methoxy groups -OCH3 is 3. The molecule has 0 radical (unpaired) electrons. The van der Waals surface area contributed by atoms with Crippen molar-refractivity contribution in [3.8, 4) is 28.5 Å². The van der Waals surface area contributed by atoms with Crippen molar-refractivity contribution in [1.29, 1.82) is 0 Å². The zero-order chi connectivity index (χ0) is 20.3. The van der Waals surface area contributed by atoms with Crippen LogP contribution in [0.2, 0.25) is 5.02 Å². The Morgan fingerprint density at radius 3 is 2.18 bits per heavy atom. The molecule has 3 aromatic rings. The Morgan fingerprint density at radius 2 is 1.64 bits per heavy atom. The van der Waals surface area contributed by atoms with E-state index < -0.39 is 0 Å². The molecule has 0 aliphatic carbocycles. The van der Waals surface area contributed by atoms with Crippen LogP contribution in [0.5, 0.6) is 17.2 Å². The summed E-state index contributed by atoms with van der Waals surface area (Å²) in [5, 5.41) is 10.7. The third-order valence-electron chi connectivity index (χ3n) is 4.23. The number of hydrogen-bond donors (Lipinski definition) is 2. The number of aryl methyl sites for hydroxylation is 1. The Labute approximate surface area is 167 Å². The van der Waals surface area contributed by atoms with Crippen LogP contribution in [-0.4, -0.2) is 37.4 Å². The fourth-order valence-corrected chi connectivity index (χ4v) is 2.92. The molecule has 0 unspecified atom stereocenters. The number of amides is 1. The number of H-pyrrole nitrogens is 1. The largest absolute Gasteiger partial charge is 0.493 e. The van der Waals surface area contributed by atoms with Crippen molar-refractivity contribution in [3.05, 3.63) is 52.7 Å². The van der Waals surface area contributed by atoms with Gasteiger partial charge in [-0.1, -0.05) is 11.6 Å². The summed E-state index contributed by atoms with van der Waals surface area (Å²) < 4.78 is 16.2. The number of ether oxygens (including phenoxy) is 3. The lowest BCUT2D eigenvalue weighted by Crippen LogP contribution is -2.12. The number of benzene rings is 2. The van der Waals surface area contributed by atoms with Gasteiger partial charge < -0.3 is 19.5 Å². The smallest absolute Gasteiger partial charge is 0.255 e. The number of nitrogens with zero attached hydrogens (tertiary/aromatic N) is 1. The Morgan fingerprint density at radius 1 is 1.04 bits per heavy atom. The van der Waals surface area contributed by atoms with Crippen LogP contribution in [0, 0.1) is 6.92 Å². The lowest BCUT2D eigenvalue weighted by atomic mass is 10.1. The number of rotatable bonds is 6. The number of carbonyl (C=O) groups excluding carboxylic acids is 1. The highest BCUT2D eigenvalue weighted by atomic mass is 35.5.